The predicted molar refractivity (Wildman–Crippen MR) is 81.2 cm³/mol. The number of nitrogens with zero attached hydrogens (tertiary/aromatic N) is 2. The van der Waals surface area contributed by atoms with E-state index in [1.165, 1.54) is 4.90 Å². The third-order valence-corrected chi connectivity index (χ3v) is 3.15. The van der Waals surface area contributed by atoms with Gasteiger partial charge in [-0.2, -0.15) is 5.26 Å². The van der Waals surface area contributed by atoms with Crippen LogP contribution in [0.2, 0.25) is 0 Å². The number of carbonyl (C=O) groups excluding carboxylic acids is 1. The van der Waals surface area contributed by atoms with Crippen LogP contribution in [-0.2, 0) is 4.79 Å². The number of rotatable bonds is 4. The molecule has 0 saturated carbocycles. The minimum atomic E-state index is -0.174. The maximum atomic E-state index is 12.1. The van der Waals surface area contributed by atoms with E-state index in [9.17, 15) is 4.79 Å². The molecule has 0 unspecified atom stereocenters. The number of anilines is 1. The number of aryl methyl sites for hydroxylation is 1. The average molecular weight is 280 g/mol. The lowest BCUT2D eigenvalue weighted by Gasteiger charge is -2.18. The Labute approximate surface area is 124 Å². The molecule has 0 atom stereocenters. The highest BCUT2D eigenvalue weighted by Crippen LogP contribution is 2.17. The number of ether oxygens (including phenoxy) is 1. The summed E-state index contributed by atoms with van der Waals surface area (Å²) in [5.41, 5.74) is 2.37. The SMILES string of the molecule is Cc1ccc(N(C)C(=O)COc2ccccc2C#N)cc1. The second-order valence-electron chi connectivity index (χ2n) is 4.68. The van der Waals surface area contributed by atoms with Crippen molar-refractivity contribution in [1.82, 2.24) is 0 Å². The van der Waals surface area contributed by atoms with E-state index >= 15 is 0 Å². The Morgan fingerprint density at radius 3 is 2.52 bits per heavy atom. The fraction of sp³-hybridized carbons (Fsp3) is 0.176. The standard InChI is InChI=1S/C17H16N2O2/c1-13-7-9-15(10-8-13)19(2)17(20)12-21-16-6-4-3-5-14(16)11-18/h3-10H,12H2,1-2H3. The van der Waals surface area contributed by atoms with Crippen molar-refractivity contribution in [3.8, 4) is 11.8 Å². The summed E-state index contributed by atoms with van der Waals surface area (Å²) < 4.78 is 5.44. The normalized spacial score (nSPS) is 9.76. The van der Waals surface area contributed by atoms with Crippen LogP contribution >= 0.6 is 0 Å². The zero-order chi connectivity index (χ0) is 15.2. The van der Waals surface area contributed by atoms with Gasteiger partial charge in [0.1, 0.15) is 11.8 Å². The smallest absolute Gasteiger partial charge is 0.264 e. The van der Waals surface area contributed by atoms with Crippen LogP contribution in [0.1, 0.15) is 11.1 Å². The van der Waals surface area contributed by atoms with Gasteiger partial charge in [-0.3, -0.25) is 4.79 Å². The Balaban J connectivity index is 2.01. The van der Waals surface area contributed by atoms with Gasteiger partial charge >= 0.3 is 0 Å². The summed E-state index contributed by atoms with van der Waals surface area (Å²) >= 11 is 0. The number of hydrogen-bond donors (Lipinski definition) is 0. The molecule has 0 radical (unpaired) electrons. The molecule has 0 spiro atoms. The van der Waals surface area contributed by atoms with Crippen molar-refractivity contribution in [2.24, 2.45) is 0 Å². The van der Waals surface area contributed by atoms with Crippen LogP contribution in [0.4, 0.5) is 5.69 Å². The number of likely N-dealkylation sites (N-methyl/N-ethyl adjacent to an activating group) is 1. The van der Waals surface area contributed by atoms with Gasteiger partial charge < -0.3 is 9.64 Å². The fourth-order valence-electron chi connectivity index (χ4n) is 1.83. The van der Waals surface area contributed by atoms with E-state index in [-0.39, 0.29) is 12.5 Å². The molecule has 21 heavy (non-hydrogen) atoms. The molecule has 0 aliphatic rings. The van der Waals surface area contributed by atoms with Crippen LogP contribution in [0.3, 0.4) is 0 Å². The lowest BCUT2D eigenvalue weighted by molar-refractivity contribution is -0.120. The van der Waals surface area contributed by atoms with Gasteiger partial charge in [0.15, 0.2) is 6.61 Å². The number of para-hydroxylation sites is 1. The van der Waals surface area contributed by atoms with Gasteiger partial charge in [0.05, 0.1) is 5.56 Å². The molecule has 2 aromatic carbocycles. The molecule has 1 amide bonds. The maximum Gasteiger partial charge on any atom is 0.264 e. The highest BCUT2D eigenvalue weighted by atomic mass is 16.5. The number of benzene rings is 2. The maximum absolute atomic E-state index is 12.1. The molecule has 0 fully saturated rings. The van der Waals surface area contributed by atoms with Crippen molar-refractivity contribution in [2.45, 2.75) is 6.92 Å². The second-order valence-corrected chi connectivity index (χ2v) is 4.68. The van der Waals surface area contributed by atoms with E-state index in [0.29, 0.717) is 11.3 Å². The summed E-state index contributed by atoms with van der Waals surface area (Å²) in [5.74, 6) is 0.247. The van der Waals surface area contributed by atoms with Gasteiger partial charge in [-0.1, -0.05) is 29.8 Å². The van der Waals surface area contributed by atoms with Gasteiger partial charge in [0, 0.05) is 12.7 Å². The lowest BCUT2D eigenvalue weighted by Crippen LogP contribution is -2.31. The van der Waals surface area contributed by atoms with Crippen molar-refractivity contribution in [3.63, 3.8) is 0 Å². The molecular weight excluding hydrogens is 264 g/mol. The quantitative estimate of drug-likeness (QED) is 0.865. The summed E-state index contributed by atoms with van der Waals surface area (Å²) in [6, 6.07) is 16.6. The molecule has 0 saturated heterocycles. The molecule has 2 aromatic rings. The predicted octanol–water partition coefficient (Wildman–Crippen LogP) is 2.91. The first-order chi connectivity index (χ1) is 10.1. The van der Waals surface area contributed by atoms with Crippen molar-refractivity contribution in [1.29, 1.82) is 5.26 Å². The molecule has 0 aromatic heterocycles. The Hall–Kier alpha value is -2.80. The Bertz CT molecular complexity index is 672. The van der Waals surface area contributed by atoms with Crippen LogP contribution in [0.15, 0.2) is 48.5 Å². The van der Waals surface area contributed by atoms with E-state index in [1.54, 1.807) is 31.3 Å². The van der Waals surface area contributed by atoms with Crippen LogP contribution in [-0.4, -0.2) is 19.6 Å². The first-order valence-corrected chi connectivity index (χ1v) is 6.57. The average Bonchev–Trinajstić information content (AvgIpc) is 2.52. The Morgan fingerprint density at radius 1 is 1.19 bits per heavy atom. The van der Waals surface area contributed by atoms with Crippen molar-refractivity contribution < 1.29 is 9.53 Å². The zero-order valence-electron chi connectivity index (χ0n) is 12.0. The second kappa shape index (κ2) is 6.58. The van der Waals surface area contributed by atoms with Gasteiger partial charge in [0.2, 0.25) is 0 Å². The van der Waals surface area contributed by atoms with E-state index in [2.05, 4.69) is 0 Å². The van der Waals surface area contributed by atoms with Crippen LogP contribution in [0, 0.1) is 18.3 Å². The van der Waals surface area contributed by atoms with Gasteiger partial charge in [0.25, 0.3) is 5.91 Å². The molecule has 0 aliphatic heterocycles. The summed E-state index contributed by atoms with van der Waals surface area (Å²) in [6.45, 7) is 1.89. The molecule has 2 rings (SSSR count). The molecule has 0 bridgehead atoms. The molecule has 0 N–H and O–H groups in total. The molecule has 4 heteroatoms. The zero-order valence-corrected chi connectivity index (χ0v) is 12.0. The van der Waals surface area contributed by atoms with E-state index < -0.39 is 0 Å². The molecule has 106 valence electrons. The van der Waals surface area contributed by atoms with Crippen LogP contribution < -0.4 is 9.64 Å². The van der Waals surface area contributed by atoms with Crippen molar-refractivity contribution in [3.05, 3.63) is 59.7 Å². The topological polar surface area (TPSA) is 53.3 Å². The molecule has 0 heterocycles. The van der Waals surface area contributed by atoms with Crippen LogP contribution in [0.5, 0.6) is 5.75 Å². The molecule has 0 aliphatic carbocycles. The molecular formula is C17H16N2O2. The van der Waals surface area contributed by atoms with Gasteiger partial charge in [-0.05, 0) is 31.2 Å². The van der Waals surface area contributed by atoms with E-state index in [4.69, 9.17) is 10.00 Å². The minimum absolute atomic E-state index is 0.108. The first kappa shape index (κ1) is 14.6. The van der Waals surface area contributed by atoms with Gasteiger partial charge in [-0.15, -0.1) is 0 Å². The summed E-state index contributed by atoms with van der Waals surface area (Å²) in [7, 11) is 1.70. The number of nitriles is 1. The van der Waals surface area contributed by atoms with E-state index in [0.717, 1.165) is 11.3 Å². The summed E-state index contributed by atoms with van der Waals surface area (Å²) in [6.07, 6.45) is 0. The molecule has 4 nitrogen and oxygen atoms in total. The number of amides is 1. The third-order valence-electron chi connectivity index (χ3n) is 3.15. The van der Waals surface area contributed by atoms with Crippen molar-refractivity contribution in [2.75, 3.05) is 18.6 Å². The highest BCUT2D eigenvalue weighted by Gasteiger charge is 2.12. The fourth-order valence-corrected chi connectivity index (χ4v) is 1.83. The number of carbonyl (C=O) groups is 1. The summed E-state index contributed by atoms with van der Waals surface area (Å²) in [4.78, 5) is 13.7. The monoisotopic (exact) mass is 280 g/mol. The first-order valence-electron chi connectivity index (χ1n) is 6.57. The van der Waals surface area contributed by atoms with Gasteiger partial charge in [-0.25, -0.2) is 0 Å². The van der Waals surface area contributed by atoms with Crippen LogP contribution in [0.25, 0.3) is 0 Å². The minimum Gasteiger partial charge on any atom is -0.482 e. The Kier molecular flexibility index (Phi) is 4.57. The highest BCUT2D eigenvalue weighted by molar-refractivity contribution is 5.93. The summed E-state index contributed by atoms with van der Waals surface area (Å²) in [5, 5.41) is 8.97. The lowest BCUT2D eigenvalue weighted by atomic mass is 10.2. The van der Waals surface area contributed by atoms with E-state index in [1.807, 2.05) is 37.3 Å². The van der Waals surface area contributed by atoms with Crippen molar-refractivity contribution >= 4 is 11.6 Å². The number of hydrogen-bond acceptors (Lipinski definition) is 3. The third kappa shape index (κ3) is 3.61. The Morgan fingerprint density at radius 2 is 1.86 bits per heavy atom. The largest absolute Gasteiger partial charge is 0.482 e.